The summed E-state index contributed by atoms with van der Waals surface area (Å²) in [5.74, 6) is -0.160. The lowest BCUT2D eigenvalue weighted by Gasteiger charge is -2.15. The maximum absolute atomic E-state index is 12.6. The molecule has 0 saturated carbocycles. The van der Waals surface area contributed by atoms with E-state index < -0.39 is 0 Å². The Balaban J connectivity index is 1.92. The molecule has 0 aliphatic heterocycles. The second-order valence-electron chi connectivity index (χ2n) is 6.06. The highest BCUT2D eigenvalue weighted by Crippen LogP contribution is 2.16. The van der Waals surface area contributed by atoms with Gasteiger partial charge in [0.05, 0.1) is 17.1 Å². The predicted molar refractivity (Wildman–Crippen MR) is 98.7 cm³/mol. The fourth-order valence-electron chi connectivity index (χ4n) is 2.93. The van der Waals surface area contributed by atoms with Crippen LogP contribution in [0.5, 0.6) is 0 Å². The fraction of sp³-hybridized carbons (Fsp3) is 0.250. The fourth-order valence-corrected chi connectivity index (χ4v) is 2.93. The molecule has 0 spiro atoms. The van der Waals surface area contributed by atoms with Crippen molar-refractivity contribution in [1.82, 2.24) is 14.9 Å². The SMILES string of the molecule is CCn1c(=O)c(C)nc2cc(C(=O)NC(C)c3ccccc3)ccc21. The minimum atomic E-state index is -0.160. The van der Waals surface area contributed by atoms with Crippen molar-refractivity contribution in [2.75, 3.05) is 0 Å². The number of benzene rings is 2. The van der Waals surface area contributed by atoms with Crippen LogP contribution in [0.15, 0.2) is 53.3 Å². The van der Waals surface area contributed by atoms with E-state index in [1.807, 2.05) is 44.2 Å². The van der Waals surface area contributed by atoms with Crippen LogP contribution >= 0.6 is 0 Å². The van der Waals surface area contributed by atoms with Crippen molar-refractivity contribution in [3.05, 3.63) is 75.7 Å². The molecule has 0 fully saturated rings. The van der Waals surface area contributed by atoms with Gasteiger partial charge in [0, 0.05) is 12.1 Å². The first-order valence-corrected chi connectivity index (χ1v) is 8.38. The number of nitrogens with one attached hydrogen (secondary N) is 1. The van der Waals surface area contributed by atoms with Gasteiger partial charge < -0.3 is 9.88 Å². The molecular weight excluding hydrogens is 314 g/mol. The summed E-state index contributed by atoms with van der Waals surface area (Å²) in [7, 11) is 0. The topological polar surface area (TPSA) is 64.0 Å². The number of nitrogens with zero attached hydrogens (tertiary/aromatic N) is 2. The van der Waals surface area contributed by atoms with Gasteiger partial charge in [0.25, 0.3) is 11.5 Å². The smallest absolute Gasteiger partial charge is 0.272 e. The highest BCUT2D eigenvalue weighted by atomic mass is 16.1. The average molecular weight is 335 g/mol. The van der Waals surface area contributed by atoms with E-state index >= 15 is 0 Å². The largest absolute Gasteiger partial charge is 0.346 e. The first kappa shape index (κ1) is 16.9. The Morgan fingerprint density at radius 1 is 1.20 bits per heavy atom. The molecule has 1 N–H and O–H groups in total. The maximum atomic E-state index is 12.6. The number of fused-ring (bicyclic) bond motifs is 1. The molecule has 0 radical (unpaired) electrons. The summed E-state index contributed by atoms with van der Waals surface area (Å²) < 4.78 is 1.67. The van der Waals surface area contributed by atoms with Gasteiger partial charge >= 0.3 is 0 Å². The highest BCUT2D eigenvalue weighted by Gasteiger charge is 2.14. The Kier molecular flexibility index (Phi) is 4.65. The zero-order valence-corrected chi connectivity index (χ0v) is 14.6. The number of rotatable bonds is 4. The third-order valence-corrected chi connectivity index (χ3v) is 4.33. The summed E-state index contributed by atoms with van der Waals surface area (Å²) in [4.78, 5) is 29.1. The Hall–Kier alpha value is -2.95. The average Bonchev–Trinajstić information content (AvgIpc) is 2.63. The Morgan fingerprint density at radius 3 is 2.60 bits per heavy atom. The van der Waals surface area contributed by atoms with Crippen molar-refractivity contribution in [3.63, 3.8) is 0 Å². The summed E-state index contributed by atoms with van der Waals surface area (Å²) in [6.07, 6.45) is 0. The number of carbonyl (C=O) groups is 1. The molecule has 1 heterocycles. The molecule has 1 aromatic heterocycles. The van der Waals surface area contributed by atoms with Crippen LogP contribution in [0.4, 0.5) is 0 Å². The summed E-state index contributed by atoms with van der Waals surface area (Å²) in [5, 5.41) is 3.00. The Morgan fingerprint density at radius 2 is 1.92 bits per heavy atom. The zero-order chi connectivity index (χ0) is 18.0. The predicted octanol–water partition coefficient (Wildman–Crippen LogP) is 3.22. The zero-order valence-electron chi connectivity index (χ0n) is 14.6. The van der Waals surface area contributed by atoms with Gasteiger partial charge in [0.1, 0.15) is 5.69 Å². The van der Waals surface area contributed by atoms with Gasteiger partial charge in [-0.05, 0) is 44.5 Å². The number of amides is 1. The van der Waals surface area contributed by atoms with E-state index in [2.05, 4.69) is 10.3 Å². The van der Waals surface area contributed by atoms with Crippen LogP contribution in [-0.2, 0) is 6.54 Å². The lowest BCUT2D eigenvalue weighted by Crippen LogP contribution is -2.27. The molecule has 0 saturated heterocycles. The van der Waals surface area contributed by atoms with Gasteiger partial charge in [-0.2, -0.15) is 0 Å². The summed E-state index contributed by atoms with van der Waals surface area (Å²) in [6.45, 7) is 6.13. The van der Waals surface area contributed by atoms with Gasteiger partial charge in [-0.25, -0.2) is 4.98 Å². The van der Waals surface area contributed by atoms with Crippen LogP contribution in [0.3, 0.4) is 0 Å². The quantitative estimate of drug-likeness (QED) is 0.796. The summed E-state index contributed by atoms with van der Waals surface area (Å²) in [6, 6.07) is 15.0. The molecule has 1 amide bonds. The van der Waals surface area contributed by atoms with Gasteiger partial charge in [-0.1, -0.05) is 30.3 Å². The summed E-state index contributed by atoms with van der Waals surface area (Å²) >= 11 is 0. The molecule has 5 heteroatoms. The number of hydrogen-bond donors (Lipinski definition) is 1. The lowest BCUT2D eigenvalue weighted by molar-refractivity contribution is 0.0940. The van der Waals surface area contributed by atoms with Gasteiger partial charge in [-0.3, -0.25) is 9.59 Å². The minimum Gasteiger partial charge on any atom is -0.346 e. The van der Waals surface area contributed by atoms with Crippen LogP contribution in [-0.4, -0.2) is 15.5 Å². The molecule has 0 aliphatic carbocycles. The van der Waals surface area contributed by atoms with E-state index in [0.717, 1.165) is 11.1 Å². The van der Waals surface area contributed by atoms with Gasteiger partial charge in [0.15, 0.2) is 0 Å². The molecule has 2 aromatic carbocycles. The maximum Gasteiger partial charge on any atom is 0.272 e. The minimum absolute atomic E-state index is 0.0927. The van der Waals surface area contributed by atoms with Crippen molar-refractivity contribution < 1.29 is 4.79 Å². The second kappa shape index (κ2) is 6.89. The number of aryl methyl sites for hydroxylation is 2. The molecule has 3 rings (SSSR count). The monoisotopic (exact) mass is 335 g/mol. The summed E-state index contributed by atoms with van der Waals surface area (Å²) in [5.41, 5.74) is 3.31. The number of aromatic nitrogens is 2. The van der Waals surface area contributed by atoms with E-state index in [4.69, 9.17) is 0 Å². The molecule has 0 bridgehead atoms. The highest BCUT2D eigenvalue weighted by molar-refractivity contribution is 5.97. The van der Waals surface area contributed by atoms with Crippen LogP contribution in [0.25, 0.3) is 11.0 Å². The molecule has 1 unspecified atom stereocenters. The third kappa shape index (κ3) is 3.31. The van der Waals surface area contributed by atoms with Crippen molar-refractivity contribution in [3.8, 4) is 0 Å². The van der Waals surface area contributed by atoms with E-state index in [1.165, 1.54) is 0 Å². The van der Waals surface area contributed by atoms with E-state index in [1.54, 1.807) is 29.7 Å². The van der Waals surface area contributed by atoms with Crippen molar-refractivity contribution >= 4 is 16.9 Å². The number of hydrogen-bond acceptors (Lipinski definition) is 3. The van der Waals surface area contributed by atoms with Gasteiger partial charge in [-0.15, -0.1) is 0 Å². The normalized spacial score (nSPS) is 12.1. The van der Waals surface area contributed by atoms with Crippen LogP contribution in [0.1, 0.15) is 41.5 Å². The van der Waals surface area contributed by atoms with Crippen LogP contribution < -0.4 is 10.9 Å². The molecule has 0 aliphatic rings. The first-order valence-electron chi connectivity index (χ1n) is 8.38. The van der Waals surface area contributed by atoms with E-state index in [-0.39, 0.29) is 17.5 Å². The third-order valence-electron chi connectivity index (χ3n) is 4.33. The Bertz CT molecular complexity index is 977. The lowest BCUT2D eigenvalue weighted by atomic mass is 10.1. The van der Waals surface area contributed by atoms with Crippen LogP contribution in [0.2, 0.25) is 0 Å². The molecule has 1 atom stereocenters. The van der Waals surface area contributed by atoms with Crippen molar-refractivity contribution in [2.24, 2.45) is 0 Å². The molecule has 25 heavy (non-hydrogen) atoms. The second-order valence-corrected chi connectivity index (χ2v) is 6.06. The number of carbonyl (C=O) groups excluding carboxylic acids is 1. The van der Waals surface area contributed by atoms with E-state index in [9.17, 15) is 9.59 Å². The molecular formula is C20H21N3O2. The first-order chi connectivity index (χ1) is 12.0. The molecule has 128 valence electrons. The van der Waals surface area contributed by atoms with E-state index in [0.29, 0.717) is 23.3 Å². The van der Waals surface area contributed by atoms with Crippen LogP contribution in [0, 0.1) is 6.92 Å². The van der Waals surface area contributed by atoms with Crippen molar-refractivity contribution in [2.45, 2.75) is 33.4 Å². The Labute approximate surface area is 146 Å². The standard InChI is InChI=1S/C20H21N3O2/c1-4-23-18-11-10-16(12-17(18)21-14(3)20(23)25)19(24)22-13(2)15-8-6-5-7-9-15/h5-13H,4H2,1-3H3,(H,22,24). The van der Waals surface area contributed by atoms with Crippen molar-refractivity contribution in [1.29, 1.82) is 0 Å². The molecule has 3 aromatic rings. The molecule has 5 nitrogen and oxygen atoms in total. The van der Waals surface area contributed by atoms with Gasteiger partial charge in [0.2, 0.25) is 0 Å².